The molecule has 0 aromatic heterocycles. The zero-order valence-corrected chi connectivity index (χ0v) is 56.4. The predicted octanol–water partition coefficient (Wildman–Crippen LogP) is 12.4. The summed E-state index contributed by atoms with van der Waals surface area (Å²) in [7, 11) is 0. The van der Waals surface area contributed by atoms with E-state index in [4.69, 9.17) is 29.9 Å². The number of fused-ring (bicyclic) bond motifs is 3. The molecule has 0 heterocycles. The minimum atomic E-state index is -1.02. The van der Waals surface area contributed by atoms with Crippen molar-refractivity contribution in [3.63, 3.8) is 0 Å². The third-order valence-electron chi connectivity index (χ3n) is 14.5. The van der Waals surface area contributed by atoms with Crippen LogP contribution in [-0.4, -0.2) is 114 Å². The van der Waals surface area contributed by atoms with Crippen molar-refractivity contribution in [3.8, 4) is 23.0 Å². The number of likely N-dealkylation sites (N-methyl/N-ethyl adjacent to an activating group) is 3. The minimum Gasteiger partial charge on any atom is -0.508 e. The van der Waals surface area contributed by atoms with Crippen molar-refractivity contribution in [2.75, 3.05) is 19.6 Å². The average molecular weight is 1260 g/mol. The first-order valence-corrected chi connectivity index (χ1v) is 30.9. The lowest BCUT2D eigenvalue weighted by Gasteiger charge is -2.20. The third-order valence-corrected chi connectivity index (χ3v) is 18.3. The van der Waals surface area contributed by atoms with Crippen molar-refractivity contribution in [2.45, 2.75) is 195 Å². The molecule has 0 aliphatic heterocycles. The number of aromatic hydroxyl groups is 2. The molecule has 0 radical (unpaired) electrons. The van der Waals surface area contributed by atoms with Crippen molar-refractivity contribution < 1.29 is 53.9 Å². The molecule has 5 aromatic carbocycles. The molecule has 3 aliphatic rings. The van der Waals surface area contributed by atoms with E-state index in [1.165, 1.54) is 110 Å². The fourth-order valence-electron chi connectivity index (χ4n) is 8.93. The molecule has 14 nitrogen and oxygen atoms in total. The molecule has 19 heteroatoms. The van der Waals surface area contributed by atoms with Crippen LogP contribution in [0.15, 0.2) is 118 Å². The number of benzene rings is 5. The Morgan fingerprint density at radius 1 is 0.447 bits per heavy atom. The number of ketones is 3. The lowest BCUT2D eigenvalue weighted by atomic mass is 10.1. The predicted molar refractivity (Wildman–Crippen MR) is 358 cm³/mol. The Kier molecular flexibility index (Phi) is 31.8. The number of nitrogens with one attached hydrogen (secondary N) is 3. The van der Waals surface area contributed by atoms with Gasteiger partial charge >= 0.3 is 11.9 Å². The number of carboxylic acid groups (broad SMARTS) is 2. The van der Waals surface area contributed by atoms with Gasteiger partial charge in [0.2, 0.25) is 0 Å². The van der Waals surface area contributed by atoms with Crippen molar-refractivity contribution in [1.82, 2.24) is 16.0 Å². The lowest BCUT2D eigenvalue weighted by Crippen LogP contribution is -2.28. The number of carboxylic acids is 2. The number of thioether (sulfide) groups is 3. The summed E-state index contributed by atoms with van der Waals surface area (Å²) in [6, 6.07) is 33.5. The van der Waals surface area contributed by atoms with Crippen molar-refractivity contribution in [2.24, 2.45) is 0 Å². The van der Waals surface area contributed by atoms with Crippen LogP contribution in [0, 0.1) is 0 Å². The van der Waals surface area contributed by atoms with E-state index in [-0.39, 0.29) is 70.1 Å². The Balaban J connectivity index is 0.000000364. The van der Waals surface area contributed by atoms with Crippen LogP contribution in [0.2, 0.25) is 0 Å². The second-order valence-electron chi connectivity index (χ2n) is 22.5. The summed E-state index contributed by atoms with van der Waals surface area (Å²) in [6.07, 6.45) is 4.95. The van der Waals surface area contributed by atoms with E-state index in [0.29, 0.717) is 29.6 Å². The maximum Gasteiger partial charge on any atom is 0.344 e. The van der Waals surface area contributed by atoms with Crippen LogP contribution in [0.4, 0.5) is 0 Å². The number of aliphatic carboxylic acids is 2. The minimum absolute atomic E-state index is 0. The summed E-state index contributed by atoms with van der Waals surface area (Å²) in [5.41, 5.74) is 8.68. The zero-order valence-electron chi connectivity index (χ0n) is 51.9. The Morgan fingerprint density at radius 2 is 0.682 bits per heavy atom. The number of Topliss-reactive ketones (excluding diaryl/α,β-unsaturated/α-hetero) is 3. The van der Waals surface area contributed by atoms with Gasteiger partial charge in [-0.2, -0.15) is 27.0 Å². The van der Waals surface area contributed by atoms with Crippen molar-refractivity contribution in [3.05, 3.63) is 137 Å². The molecule has 1 unspecified atom stereocenters. The number of carbonyl (C=O) groups is 5. The van der Waals surface area contributed by atoms with Gasteiger partial charge in [-0.25, -0.2) is 9.59 Å². The van der Waals surface area contributed by atoms with E-state index in [1.807, 2.05) is 41.5 Å². The van der Waals surface area contributed by atoms with E-state index in [1.54, 1.807) is 56.1 Å². The number of ether oxygens (including phenoxy) is 2. The maximum atomic E-state index is 11.6. The molecular weight excluding hydrogens is 1170 g/mol. The molecule has 0 saturated carbocycles. The van der Waals surface area contributed by atoms with E-state index < -0.39 is 24.1 Å². The van der Waals surface area contributed by atoms with Gasteiger partial charge in [-0.3, -0.25) is 14.4 Å². The van der Waals surface area contributed by atoms with E-state index in [0.717, 1.165) is 58.2 Å². The molecule has 0 bridgehead atoms. The molecule has 468 valence electrons. The SMILES string of the molecule is CCNC1Cc2ccc(SC(C)(C)C(C)=O)cc2C1.CCN[C@@H]1Cc2ccc(SC(C)(C)C(C)=O)cc2C1.CCN[C@@H]1Cc2ccc(SC(C)(C)C(C)=O)cc2C1.C[C@H](Oc1ccc(O)cc1)C(=O)O.C[C@H](Oc1ccc(O)cc1)C(=O)O.S.S. The molecule has 5 atom stereocenters. The fraction of sp³-hybridized carbons (Fsp3) is 0.470. The van der Waals surface area contributed by atoms with Crippen LogP contribution < -0.4 is 25.4 Å². The molecule has 7 N–H and O–H groups in total. The Hall–Kier alpha value is -5.12. The van der Waals surface area contributed by atoms with Crippen molar-refractivity contribution >= 4 is 91.6 Å². The molecule has 0 fully saturated rings. The first kappa shape index (κ1) is 76.0. The highest BCUT2D eigenvalue weighted by Gasteiger charge is 2.30. The molecular formula is C66H93N3O11S5. The fourth-order valence-corrected chi connectivity index (χ4v) is 12.1. The number of phenolic OH excluding ortho intramolecular Hbond substituents is 2. The van der Waals surface area contributed by atoms with Gasteiger partial charge in [-0.15, -0.1) is 35.3 Å². The monoisotopic (exact) mass is 1260 g/mol. The molecule has 0 amide bonds. The van der Waals surface area contributed by atoms with Gasteiger partial charge in [0.25, 0.3) is 0 Å². The molecule has 8 rings (SSSR count). The normalized spacial score (nSPS) is 16.0. The highest BCUT2D eigenvalue weighted by Crippen LogP contribution is 2.38. The van der Waals surface area contributed by atoms with Crippen LogP contribution >= 0.6 is 62.3 Å². The zero-order chi connectivity index (χ0) is 61.8. The number of hydrogen-bond acceptors (Lipinski definition) is 15. The van der Waals surface area contributed by atoms with Crippen LogP contribution in [-0.2, 0) is 62.5 Å². The molecule has 0 spiro atoms. The molecule has 3 aliphatic carbocycles. The van der Waals surface area contributed by atoms with Gasteiger partial charge < -0.3 is 45.9 Å². The topological polar surface area (TPSA) is 221 Å². The van der Waals surface area contributed by atoms with Crippen LogP contribution in [0.3, 0.4) is 0 Å². The van der Waals surface area contributed by atoms with Gasteiger partial charge in [0.05, 0.1) is 14.2 Å². The number of carbonyl (C=O) groups excluding carboxylic acids is 3. The molecule has 0 saturated heterocycles. The van der Waals surface area contributed by atoms with Crippen LogP contribution in [0.1, 0.15) is 130 Å². The summed E-state index contributed by atoms with van der Waals surface area (Å²) in [4.78, 5) is 59.2. The summed E-state index contributed by atoms with van der Waals surface area (Å²) >= 11 is 4.99. The maximum absolute atomic E-state index is 11.6. The van der Waals surface area contributed by atoms with E-state index >= 15 is 0 Å². The second kappa shape index (κ2) is 35.6. The second-order valence-corrected chi connectivity index (χ2v) is 27.6. The highest BCUT2D eigenvalue weighted by molar-refractivity contribution is 8.02. The summed E-state index contributed by atoms with van der Waals surface area (Å²) < 4.78 is 9.02. The Morgan fingerprint density at radius 3 is 0.894 bits per heavy atom. The lowest BCUT2D eigenvalue weighted by molar-refractivity contribution is -0.145. The largest absolute Gasteiger partial charge is 0.508 e. The van der Waals surface area contributed by atoms with Gasteiger partial charge in [0.1, 0.15) is 40.3 Å². The average Bonchev–Trinajstić information content (AvgIpc) is 4.31. The summed E-state index contributed by atoms with van der Waals surface area (Å²) in [6.45, 7) is 29.4. The third kappa shape index (κ3) is 25.3. The first-order chi connectivity index (χ1) is 38.9. The number of phenols is 2. The number of hydrogen-bond donors (Lipinski definition) is 7. The summed E-state index contributed by atoms with van der Waals surface area (Å²) in [5, 5.41) is 45.5. The Bertz CT molecular complexity index is 2680. The van der Waals surface area contributed by atoms with E-state index in [2.05, 4.69) is 91.3 Å². The van der Waals surface area contributed by atoms with Gasteiger partial charge in [0, 0.05) is 32.8 Å². The van der Waals surface area contributed by atoms with Gasteiger partial charge in [-0.1, -0.05) is 39.0 Å². The summed E-state index contributed by atoms with van der Waals surface area (Å²) in [5.74, 6) is -0.275. The van der Waals surface area contributed by atoms with Gasteiger partial charge in [0.15, 0.2) is 12.2 Å². The Labute approximate surface area is 531 Å². The number of rotatable bonds is 21. The molecule has 5 aromatic rings. The molecule has 85 heavy (non-hydrogen) atoms. The quantitative estimate of drug-likeness (QED) is 0.0340. The van der Waals surface area contributed by atoms with Gasteiger partial charge in [-0.05, 0) is 253 Å². The highest BCUT2D eigenvalue weighted by atomic mass is 32.2. The first-order valence-electron chi connectivity index (χ1n) is 28.5. The standard InChI is InChI=1S/3C16H23NOS.2C9H10O4.2H2S/c3*1-5-17-14-8-12-6-7-15(10-13(12)9-14)19-16(3,4)11(2)18;2*1-6(9(11)12)13-8-4-2-7(10)3-5-8;;/h3*6-7,10,14,17H,5,8-9H2,1-4H3;2*2-6,10H,1H3,(H,11,12);2*1H2/t2*14-;;2*6-;;/m11.00../s1. The van der Waals surface area contributed by atoms with E-state index in [9.17, 15) is 24.0 Å². The van der Waals surface area contributed by atoms with Crippen LogP contribution in [0.5, 0.6) is 23.0 Å². The van der Waals surface area contributed by atoms with Crippen LogP contribution in [0.25, 0.3) is 0 Å². The van der Waals surface area contributed by atoms with Crippen molar-refractivity contribution in [1.29, 1.82) is 0 Å². The smallest absolute Gasteiger partial charge is 0.344 e.